The Morgan fingerprint density at radius 3 is 2.52 bits per heavy atom. The minimum Gasteiger partial charge on any atom is -0.347 e. The fraction of sp³-hybridized carbons (Fsp3) is 0.455. The Labute approximate surface area is 174 Å². The van der Waals surface area contributed by atoms with E-state index in [4.69, 9.17) is 9.47 Å². The highest BCUT2D eigenvalue weighted by Crippen LogP contribution is 2.45. The predicted octanol–water partition coefficient (Wildman–Crippen LogP) is 3.02. The van der Waals surface area contributed by atoms with Gasteiger partial charge in [0.15, 0.2) is 5.79 Å². The summed E-state index contributed by atoms with van der Waals surface area (Å²) in [7, 11) is 1.80. The second-order valence-corrected chi connectivity index (χ2v) is 8.85. The highest BCUT2D eigenvalue weighted by atomic mass is 32.1. The number of hydrogen-bond acceptors (Lipinski definition) is 5. The Bertz CT molecular complexity index is 913. The third kappa shape index (κ3) is 3.08. The van der Waals surface area contributed by atoms with Gasteiger partial charge in [-0.05, 0) is 23.1 Å². The summed E-state index contributed by atoms with van der Waals surface area (Å²) in [4.78, 5) is 31.5. The second kappa shape index (κ2) is 7.23. The van der Waals surface area contributed by atoms with Gasteiger partial charge in [-0.15, -0.1) is 11.3 Å². The molecule has 0 aliphatic carbocycles. The molecule has 1 aromatic heterocycles. The molecule has 2 amide bonds. The molecule has 1 aromatic carbocycles. The first-order chi connectivity index (χ1) is 14.1. The van der Waals surface area contributed by atoms with Crippen molar-refractivity contribution in [1.29, 1.82) is 0 Å². The number of thiophene rings is 1. The van der Waals surface area contributed by atoms with Crippen LogP contribution in [0.3, 0.4) is 0 Å². The molecule has 2 atom stereocenters. The topological polar surface area (TPSA) is 59.1 Å². The smallest absolute Gasteiger partial charge is 0.254 e. The van der Waals surface area contributed by atoms with Gasteiger partial charge in [0.2, 0.25) is 5.91 Å². The molecule has 5 rings (SSSR count). The zero-order chi connectivity index (χ0) is 20.0. The summed E-state index contributed by atoms with van der Waals surface area (Å²) in [5.74, 6) is -0.885. The van der Waals surface area contributed by atoms with Crippen LogP contribution in [0.2, 0.25) is 0 Å². The van der Waals surface area contributed by atoms with E-state index < -0.39 is 11.7 Å². The maximum Gasteiger partial charge on any atom is 0.254 e. The van der Waals surface area contributed by atoms with Gasteiger partial charge < -0.3 is 19.3 Å². The van der Waals surface area contributed by atoms with Crippen LogP contribution in [0.4, 0.5) is 0 Å². The predicted molar refractivity (Wildman–Crippen MR) is 109 cm³/mol. The lowest BCUT2D eigenvalue weighted by Gasteiger charge is -2.43. The molecule has 6 nitrogen and oxygen atoms in total. The molecule has 0 bridgehead atoms. The number of nitrogens with zero attached hydrogens (tertiary/aromatic N) is 2. The molecule has 2 saturated heterocycles. The van der Waals surface area contributed by atoms with Crippen LogP contribution in [0, 0.1) is 0 Å². The van der Waals surface area contributed by atoms with Crippen LogP contribution in [0.25, 0.3) is 0 Å². The maximum absolute atomic E-state index is 13.8. The first kappa shape index (κ1) is 18.8. The number of carbonyl (C=O) groups excluding carboxylic acids is 2. The van der Waals surface area contributed by atoms with Crippen LogP contribution < -0.4 is 0 Å². The fourth-order valence-electron chi connectivity index (χ4n) is 4.81. The minimum atomic E-state index is -0.513. The van der Waals surface area contributed by atoms with E-state index in [1.165, 1.54) is 0 Å². The zero-order valence-corrected chi connectivity index (χ0v) is 17.2. The summed E-state index contributed by atoms with van der Waals surface area (Å²) in [5, 5.41) is 2.00. The number of fused-ring (bicyclic) bond motifs is 1. The van der Waals surface area contributed by atoms with E-state index in [-0.39, 0.29) is 17.9 Å². The van der Waals surface area contributed by atoms with E-state index in [2.05, 4.69) is 0 Å². The van der Waals surface area contributed by atoms with Crippen LogP contribution in [0.15, 0.2) is 41.8 Å². The van der Waals surface area contributed by atoms with Crippen molar-refractivity contribution in [2.75, 3.05) is 33.4 Å². The van der Waals surface area contributed by atoms with Crippen LogP contribution in [0.1, 0.15) is 45.6 Å². The van der Waals surface area contributed by atoms with E-state index in [0.717, 1.165) is 10.4 Å². The van der Waals surface area contributed by atoms with Crippen LogP contribution in [-0.2, 0) is 14.3 Å². The van der Waals surface area contributed by atoms with Gasteiger partial charge in [0.25, 0.3) is 5.91 Å². The highest BCUT2D eigenvalue weighted by molar-refractivity contribution is 7.10. The Morgan fingerprint density at radius 1 is 1.10 bits per heavy atom. The molecule has 0 unspecified atom stereocenters. The summed E-state index contributed by atoms with van der Waals surface area (Å²) < 4.78 is 11.6. The van der Waals surface area contributed by atoms with Crippen molar-refractivity contribution >= 4 is 23.2 Å². The van der Waals surface area contributed by atoms with Gasteiger partial charge in [-0.3, -0.25) is 9.59 Å². The van der Waals surface area contributed by atoms with Crippen molar-refractivity contribution in [3.63, 3.8) is 0 Å². The van der Waals surface area contributed by atoms with Gasteiger partial charge in [0.05, 0.1) is 25.2 Å². The SMILES string of the molecule is CN1C(=O)c2ccccc2[C@H](C(=O)N2CCC3(CC2)OCCO3)[C@H]1c1cccs1. The van der Waals surface area contributed by atoms with Crippen molar-refractivity contribution in [1.82, 2.24) is 9.80 Å². The number of hydrogen-bond donors (Lipinski definition) is 0. The van der Waals surface area contributed by atoms with Crippen LogP contribution >= 0.6 is 11.3 Å². The minimum absolute atomic E-state index is 0.0339. The second-order valence-electron chi connectivity index (χ2n) is 7.87. The molecule has 4 heterocycles. The van der Waals surface area contributed by atoms with Gasteiger partial charge >= 0.3 is 0 Å². The van der Waals surface area contributed by atoms with E-state index in [0.29, 0.717) is 44.7 Å². The van der Waals surface area contributed by atoms with Gasteiger partial charge in [-0.1, -0.05) is 24.3 Å². The summed E-state index contributed by atoms with van der Waals surface area (Å²) in [5.41, 5.74) is 1.45. The number of likely N-dealkylation sites (tertiary alicyclic amines) is 1. The molecule has 29 heavy (non-hydrogen) atoms. The first-order valence-corrected chi connectivity index (χ1v) is 10.9. The lowest BCUT2D eigenvalue weighted by atomic mass is 9.81. The van der Waals surface area contributed by atoms with Crippen molar-refractivity contribution in [3.05, 3.63) is 57.8 Å². The number of likely N-dealkylation sites (N-methyl/N-ethyl adjacent to an activating group) is 1. The highest BCUT2D eigenvalue weighted by Gasteiger charge is 2.47. The lowest BCUT2D eigenvalue weighted by Crippen LogP contribution is -2.51. The van der Waals surface area contributed by atoms with E-state index >= 15 is 0 Å². The maximum atomic E-state index is 13.8. The third-order valence-electron chi connectivity index (χ3n) is 6.33. The summed E-state index contributed by atoms with van der Waals surface area (Å²) >= 11 is 1.59. The number of benzene rings is 1. The molecule has 7 heteroatoms. The molecule has 3 aliphatic heterocycles. The Morgan fingerprint density at radius 2 is 1.83 bits per heavy atom. The van der Waals surface area contributed by atoms with Crippen molar-refractivity contribution in [2.45, 2.75) is 30.6 Å². The Hall–Kier alpha value is -2.22. The van der Waals surface area contributed by atoms with Gasteiger partial charge in [0.1, 0.15) is 0 Å². The standard InChI is InChI=1S/C22H24N2O4S/c1-23-19(17-7-4-14-29-17)18(15-5-2-3-6-16(15)20(23)25)21(26)24-10-8-22(9-11-24)27-12-13-28-22/h2-7,14,18-19H,8-13H2,1H3/t18-,19+/m0/s1. The van der Waals surface area contributed by atoms with Crippen LogP contribution in [0.5, 0.6) is 0 Å². The van der Waals surface area contributed by atoms with Gasteiger partial charge in [-0.25, -0.2) is 0 Å². The molecular formula is C22H24N2O4S. The average Bonchev–Trinajstić information content (AvgIpc) is 3.43. The van der Waals surface area contributed by atoms with E-state index in [1.54, 1.807) is 23.3 Å². The van der Waals surface area contributed by atoms with Crippen molar-refractivity contribution in [3.8, 4) is 0 Å². The number of piperidine rings is 1. The first-order valence-electron chi connectivity index (χ1n) is 10.1. The average molecular weight is 413 g/mol. The van der Waals surface area contributed by atoms with Gasteiger partial charge in [-0.2, -0.15) is 0 Å². The normalized spacial score (nSPS) is 26.0. The van der Waals surface area contributed by atoms with Crippen molar-refractivity contribution in [2.24, 2.45) is 0 Å². The molecule has 152 valence electrons. The largest absolute Gasteiger partial charge is 0.347 e. The quantitative estimate of drug-likeness (QED) is 0.761. The molecule has 0 saturated carbocycles. The monoisotopic (exact) mass is 412 g/mol. The fourth-order valence-corrected chi connectivity index (χ4v) is 5.71. The Balaban J connectivity index is 1.49. The lowest BCUT2D eigenvalue weighted by molar-refractivity contribution is -0.188. The molecule has 2 aromatic rings. The summed E-state index contributed by atoms with van der Waals surface area (Å²) in [6.07, 6.45) is 1.37. The molecular weight excluding hydrogens is 388 g/mol. The van der Waals surface area contributed by atoms with Crippen LogP contribution in [-0.4, -0.2) is 60.8 Å². The zero-order valence-electron chi connectivity index (χ0n) is 16.4. The summed E-state index contributed by atoms with van der Waals surface area (Å²) in [6.45, 7) is 2.45. The molecule has 2 fully saturated rings. The van der Waals surface area contributed by atoms with E-state index in [1.807, 2.05) is 46.7 Å². The number of rotatable bonds is 2. The van der Waals surface area contributed by atoms with Crippen molar-refractivity contribution < 1.29 is 19.1 Å². The molecule has 0 N–H and O–H groups in total. The molecule has 3 aliphatic rings. The number of ether oxygens (including phenoxy) is 2. The van der Waals surface area contributed by atoms with Gasteiger partial charge in [0, 0.05) is 43.4 Å². The number of amides is 2. The number of carbonyl (C=O) groups is 2. The summed E-state index contributed by atoms with van der Waals surface area (Å²) in [6, 6.07) is 11.2. The molecule has 0 radical (unpaired) electrons. The molecule has 1 spiro atoms. The third-order valence-corrected chi connectivity index (χ3v) is 7.27. The Kier molecular flexibility index (Phi) is 4.69. The van der Waals surface area contributed by atoms with E-state index in [9.17, 15) is 9.59 Å².